The van der Waals surface area contributed by atoms with Crippen molar-refractivity contribution in [2.75, 3.05) is 26.8 Å². The molecule has 0 radical (unpaired) electrons. The highest BCUT2D eigenvalue weighted by Gasteiger charge is 2.45. The second kappa shape index (κ2) is 6.02. The van der Waals surface area contributed by atoms with E-state index < -0.39 is 5.60 Å². The lowest BCUT2D eigenvalue weighted by atomic mass is 9.65. The molecule has 0 atom stereocenters. The molecule has 106 valence electrons. The van der Waals surface area contributed by atoms with E-state index in [9.17, 15) is 9.90 Å². The predicted octanol–water partition coefficient (Wildman–Crippen LogP) is 1.81. The van der Waals surface area contributed by atoms with Crippen molar-refractivity contribution in [1.82, 2.24) is 4.90 Å². The van der Waals surface area contributed by atoms with Gasteiger partial charge in [-0.1, -0.05) is 6.42 Å². The first-order valence-electron chi connectivity index (χ1n) is 6.85. The lowest BCUT2D eigenvalue weighted by Crippen LogP contribution is -2.52. The molecule has 18 heavy (non-hydrogen) atoms. The minimum atomic E-state index is -0.835. The molecule has 0 heterocycles. The summed E-state index contributed by atoms with van der Waals surface area (Å²) >= 11 is 0. The zero-order valence-electron chi connectivity index (χ0n) is 12.2. The minimum absolute atomic E-state index is 0.190. The van der Waals surface area contributed by atoms with Crippen molar-refractivity contribution in [3.05, 3.63) is 0 Å². The third kappa shape index (κ3) is 3.69. The first-order chi connectivity index (χ1) is 8.34. The Labute approximate surface area is 110 Å². The van der Waals surface area contributed by atoms with Crippen LogP contribution in [0.25, 0.3) is 0 Å². The number of aliphatic hydroxyl groups is 1. The van der Waals surface area contributed by atoms with E-state index in [2.05, 4.69) is 0 Å². The van der Waals surface area contributed by atoms with E-state index in [1.807, 2.05) is 6.92 Å². The van der Waals surface area contributed by atoms with Gasteiger partial charge in [0, 0.05) is 26.8 Å². The molecule has 0 aromatic rings. The van der Waals surface area contributed by atoms with Crippen molar-refractivity contribution in [1.29, 1.82) is 0 Å². The number of carbonyl (C=O) groups excluding carboxylic acids is 1. The van der Waals surface area contributed by atoms with Crippen molar-refractivity contribution in [3.8, 4) is 0 Å². The molecule has 1 amide bonds. The number of hydrogen-bond donors (Lipinski definition) is 1. The Morgan fingerprint density at radius 3 is 2.39 bits per heavy atom. The summed E-state index contributed by atoms with van der Waals surface area (Å²) in [6.45, 7) is 7.13. The molecule has 1 saturated carbocycles. The molecule has 1 fully saturated rings. The second-order valence-corrected chi connectivity index (χ2v) is 6.01. The summed E-state index contributed by atoms with van der Waals surface area (Å²) in [5.74, 6) is 0.190. The van der Waals surface area contributed by atoms with E-state index in [1.165, 1.54) is 0 Å². The van der Waals surface area contributed by atoms with Crippen LogP contribution in [0.5, 0.6) is 0 Å². The maximum Gasteiger partial charge on any atom is 0.228 e. The normalized spacial score (nSPS) is 18.3. The Morgan fingerprint density at radius 2 is 2.06 bits per heavy atom. The maximum atomic E-state index is 12.6. The minimum Gasteiger partial charge on any atom is -0.389 e. The Morgan fingerprint density at radius 1 is 1.44 bits per heavy atom. The van der Waals surface area contributed by atoms with Crippen LogP contribution in [0.1, 0.15) is 46.5 Å². The van der Waals surface area contributed by atoms with Gasteiger partial charge in [-0.15, -0.1) is 0 Å². The summed E-state index contributed by atoms with van der Waals surface area (Å²) in [6.07, 6.45) is 3.83. The maximum absolute atomic E-state index is 12.6. The summed E-state index contributed by atoms with van der Waals surface area (Å²) in [5.41, 5.74) is -1.06. The Hall–Kier alpha value is -0.610. The predicted molar refractivity (Wildman–Crippen MR) is 71.3 cm³/mol. The van der Waals surface area contributed by atoms with Gasteiger partial charge < -0.3 is 14.7 Å². The molecule has 0 spiro atoms. The smallest absolute Gasteiger partial charge is 0.228 e. The molecule has 4 heteroatoms. The van der Waals surface area contributed by atoms with Gasteiger partial charge in [-0.2, -0.15) is 0 Å². The fourth-order valence-electron chi connectivity index (χ4n) is 2.60. The van der Waals surface area contributed by atoms with Gasteiger partial charge in [0.05, 0.1) is 11.0 Å². The van der Waals surface area contributed by atoms with Crippen LogP contribution in [0.3, 0.4) is 0 Å². The Bertz CT molecular complexity index is 279. The summed E-state index contributed by atoms with van der Waals surface area (Å²) in [5, 5.41) is 9.88. The number of nitrogens with zero attached hydrogens (tertiary/aromatic N) is 1. The van der Waals surface area contributed by atoms with Crippen LogP contribution >= 0.6 is 0 Å². The van der Waals surface area contributed by atoms with Gasteiger partial charge in [0.15, 0.2) is 0 Å². The summed E-state index contributed by atoms with van der Waals surface area (Å²) in [6, 6.07) is 0. The SMILES string of the molecule is CCN(CC(C)(C)O)C(=O)C1(CCOC)CCC1. The molecule has 0 aromatic carbocycles. The molecule has 0 aliphatic heterocycles. The third-order valence-electron chi connectivity index (χ3n) is 3.80. The first kappa shape index (κ1) is 15.4. The highest BCUT2D eigenvalue weighted by molar-refractivity contribution is 5.83. The molecule has 1 rings (SSSR count). The fourth-order valence-corrected chi connectivity index (χ4v) is 2.60. The standard InChI is InChI=1S/C14H27NO3/c1-5-15(11-13(2,3)17)12(16)14(7-6-8-14)9-10-18-4/h17H,5-11H2,1-4H3. The second-order valence-electron chi connectivity index (χ2n) is 6.01. The van der Waals surface area contributed by atoms with Gasteiger partial charge in [-0.3, -0.25) is 4.79 Å². The van der Waals surface area contributed by atoms with Crippen LogP contribution < -0.4 is 0 Å². The van der Waals surface area contributed by atoms with E-state index in [-0.39, 0.29) is 11.3 Å². The Kier molecular flexibility index (Phi) is 5.17. The molecule has 1 aliphatic rings. The Balaban J connectivity index is 2.69. The molecule has 0 bridgehead atoms. The number of hydrogen-bond acceptors (Lipinski definition) is 3. The van der Waals surface area contributed by atoms with Crippen molar-refractivity contribution in [3.63, 3.8) is 0 Å². The van der Waals surface area contributed by atoms with E-state index in [0.717, 1.165) is 25.7 Å². The average molecular weight is 257 g/mol. The van der Waals surface area contributed by atoms with E-state index in [4.69, 9.17) is 4.74 Å². The molecule has 0 unspecified atom stereocenters. The lowest BCUT2D eigenvalue weighted by Gasteiger charge is -2.44. The monoisotopic (exact) mass is 257 g/mol. The van der Waals surface area contributed by atoms with Gasteiger partial charge in [-0.05, 0) is 40.0 Å². The zero-order chi connectivity index (χ0) is 13.8. The van der Waals surface area contributed by atoms with Gasteiger partial charge in [-0.25, -0.2) is 0 Å². The number of carbonyl (C=O) groups is 1. The fraction of sp³-hybridized carbons (Fsp3) is 0.929. The molecule has 1 N–H and O–H groups in total. The van der Waals surface area contributed by atoms with E-state index >= 15 is 0 Å². The quantitative estimate of drug-likeness (QED) is 0.757. The van der Waals surface area contributed by atoms with Gasteiger partial charge >= 0.3 is 0 Å². The van der Waals surface area contributed by atoms with Crippen molar-refractivity contribution in [2.45, 2.75) is 52.1 Å². The highest BCUT2D eigenvalue weighted by Crippen LogP contribution is 2.45. The molecule has 0 saturated heterocycles. The number of likely N-dealkylation sites (N-methyl/N-ethyl adjacent to an activating group) is 1. The van der Waals surface area contributed by atoms with Crippen molar-refractivity contribution >= 4 is 5.91 Å². The summed E-state index contributed by atoms with van der Waals surface area (Å²) < 4.78 is 5.12. The van der Waals surface area contributed by atoms with Crippen molar-refractivity contribution < 1.29 is 14.6 Å². The van der Waals surface area contributed by atoms with Gasteiger partial charge in [0.25, 0.3) is 0 Å². The third-order valence-corrected chi connectivity index (χ3v) is 3.80. The first-order valence-corrected chi connectivity index (χ1v) is 6.85. The van der Waals surface area contributed by atoms with Crippen LogP contribution in [-0.2, 0) is 9.53 Å². The van der Waals surface area contributed by atoms with Crippen molar-refractivity contribution in [2.24, 2.45) is 5.41 Å². The van der Waals surface area contributed by atoms with Crippen LogP contribution in [0.4, 0.5) is 0 Å². The van der Waals surface area contributed by atoms with Crippen LogP contribution in [0.2, 0.25) is 0 Å². The molecular weight excluding hydrogens is 230 g/mol. The number of rotatable bonds is 7. The van der Waals surface area contributed by atoms with Crippen LogP contribution in [-0.4, -0.2) is 48.3 Å². The lowest BCUT2D eigenvalue weighted by molar-refractivity contribution is -0.151. The average Bonchev–Trinajstić information content (AvgIpc) is 2.23. The number of ether oxygens (including phenoxy) is 1. The molecule has 0 aromatic heterocycles. The van der Waals surface area contributed by atoms with Crippen LogP contribution in [0.15, 0.2) is 0 Å². The highest BCUT2D eigenvalue weighted by atomic mass is 16.5. The van der Waals surface area contributed by atoms with E-state index in [1.54, 1.807) is 25.9 Å². The molecule has 4 nitrogen and oxygen atoms in total. The van der Waals surface area contributed by atoms with E-state index in [0.29, 0.717) is 19.7 Å². The number of amides is 1. The van der Waals surface area contributed by atoms with Crippen LogP contribution in [0, 0.1) is 5.41 Å². The zero-order valence-corrected chi connectivity index (χ0v) is 12.2. The summed E-state index contributed by atoms with van der Waals surface area (Å²) in [7, 11) is 1.67. The van der Waals surface area contributed by atoms with Gasteiger partial charge in [0.2, 0.25) is 5.91 Å². The molecular formula is C14H27NO3. The van der Waals surface area contributed by atoms with Gasteiger partial charge in [0.1, 0.15) is 0 Å². The summed E-state index contributed by atoms with van der Waals surface area (Å²) in [4.78, 5) is 14.4. The number of methoxy groups -OCH3 is 1. The topological polar surface area (TPSA) is 49.8 Å². The largest absolute Gasteiger partial charge is 0.389 e. The molecule has 1 aliphatic carbocycles.